The number of benzene rings is 3. The highest BCUT2D eigenvalue weighted by Crippen LogP contribution is 2.44. The molecule has 1 fully saturated rings. The molecule has 1 aliphatic heterocycles. The topological polar surface area (TPSA) is 79.7 Å². The third kappa shape index (κ3) is 3.72. The van der Waals surface area contributed by atoms with Crippen LogP contribution in [0, 0.1) is 5.82 Å². The minimum absolute atomic E-state index is 0.0363. The molecule has 0 radical (unpaired) electrons. The van der Waals surface area contributed by atoms with E-state index >= 15 is 0 Å². The number of nitrogens with zero attached hydrogens (tertiary/aromatic N) is 2. The number of thiazole rings is 1. The number of hydrogen-bond donors (Lipinski definition) is 1. The molecular weight excluding hydrogens is 455 g/mol. The first-order valence-electron chi connectivity index (χ1n) is 10.6. The lowest BCUT2D eigenvalue weighted by Gasteiger charge is -2.23. The number of aliphatic hydroxyl groups is 1. The van der Waals surface area contributed by atoms with Crippen molar-refractivity contribution >= 4 is 44.1 Å². The molecule has 1 atom stereocenters. The molecule has 0 spiro atoms. The maximum absolute atomic E-state index is 13.8. The molecule has 0 aliphatic carbocycles. The molecule has 6 nitrogen and oxygen atoms in total. The minimum atomic E-state index is -0.915. The van der Waals surface area contributed by atoms with Crippen molar-refractivity contribution in [3.63, 3.8) is 0 Å². The van der Waals surface area contributed by atoms with Gasteiger partial charge in [0.15, 0.2) is 5.13 Å². The zero-order valence-corrected chi connectivity index (χ0v) is 18.9. The lowest BCUT2D eigenvalue weighted by Crippen LogP contribution is -2.29. The van der Waals surface area contributed by atoms with Gasteiger partial charge in [0.2, 0.25) is 0 Å². The summed E-state index contributed by atoms with van der Waals surface area (Å²) < 4.78 is 19.8. The number of aromatic nitrogens is 1. The summed E-state index contributed by atoms with van der Waals surface area (Å²) in [5.74, 6) is -1.67. The Bertz CT molecular complexity index is 1430. The summed E-state index contributed by atoms with van der Waals surface area (Å²) in [6, 6.07) is 18.8. The SMILES string of the molecule is CCOc1ccc([C@@H]2C(=C(O)c3ccccc3)C(=O)C(=O)N2c2nc3ccc(F)cc3s2)cc1. The second kappa shape index (κ2) is 8.72. The van der Waals surface area contributed by atoms with E-state index in [2.05, 4.69) is 4.98 Å². The standard InChI is InChI=1S/C26H19FN2O4S/c1-2-33-18-11-8-15(9-12-18)22-21(23(30)16-6-4-3-5-7-16)24(31)25(32)29(22)26-28-19-13-10-17(27)14-20(19)34-26/h3-14,22,30H,2H2,1H3/t22-/m1/s1. The molecule has 1 aliphatic rings. The Balaban J connectivity index is 1.70. The number of hydrogen-bond acceptors (Lipinski definition) is 6. The van der Waals surface area contributed by atoms with Crippen LogP contribution in [-0.2, 0) is 9.59 Å². The van der Waals surface area contributed by atoms with Crippen molar-refractivity contribution in [2.75, 3.05) is 11.5 Å². The molecule has 34 heavy (non-hydrogen) atoms. The Morgan fingerprint density at radius 2 is 1.82 bits per heavy atom. The largest absolute Gasteiger partial charge is 0.507 e. The first-order valence-corrected chi connectivity index (χ1v) is 11.4. The van der Waals surface area contributed by atoms with Gasteiger partial charge in [0, 0.05) is 5.56 Å². The Morgan fingerprint density at radius 1 is 1.09 bits per heavy atom. The van der Waals surface area contributed by atoms with Crippen molar-refractivity contribution in [2.45, 2.75) is 13.0 Å². The van der Waals surface area contributed by atoms with Crippen LogP contribution >= 0.6 is 11.3 Å². The number of amides is 1. The summed E-state index contributed by atoms with van der Waals surface area (Å²) in [6.07, 6.45) is 0. The minimum Gasteiger partial charge on any atom is -0.507 e. The van der Waals surface area contributed by atoms with Crippen molar-refractivity contribution in [1.82, 2.24) is 4.98 Å². The molecular formula is C26H19FN2O4S. The van der Waals surface area contributed by atoms with Crippen molar-refractivity contribution in [2.24, 2.45) is 0 Å². The molecule has 0 bridgehead atoms. The van der Waals surface area contributed by atoms with Gasteiger partial charge < -0.3 is 9.84 Å². The number of carbonyl (C=O) groups is 2. The molecule has 8 heteroatoms. The van der Waals surface area contributed by atoms with Gasteiger partial charge in [0.25, 0.3) is 5.78 Å². The number of carbonyl (C=O) groups excluding carboxylic acids is 2. The molecule has 2 heterocycles. The summed E-state index contributed by atoms with van der Waals surface area (Å²) in [7, 11) is 0. The Kier molecular flexibility index (Phi) is 5.59. The molecule has 170 valence electrons. The van der Waals surface area contributed by atoms with Crippen LogP contribution in [-0.4, -0.2) is 28.4 Å². The Morgan fingerprint density at radius 3 is 2.53 bits per heavy atom. The fraction of sp³-hybridized carbons (Fsp3) is 0.115. The third-order valence-corrected chi connectivity index (χ3v) is 6.56. The average molecular weight is 475 g/mol. The van der Waals surface area contributed by atoms with Crippen LogP contribution in [0.5, 0.6) is 5.75 Å². The molecule has 5 rings (SSSR count). The Hall–Kier alpha value is -4.04. The van der Waals surface area contributed by atoms with Gasteiger partial charge in [-0.05, 0) is 42.8 Å². The first kappa shape index (κ1) is 21.8. The van der Waals surface area contributed by atoms with Crippen LogP contribution in [0.25, 0.3) is 16.0 Å². The first-order chi connectivity index (χ1) is 16.5. The van der Waals surface area contributed by atoms with Gasteiger partial charge in [-0.25, -0.2) is 9.37 Å². The highest BCUT2D eigenvalue weighted by molar-refractivity contribution is 7.22. The van der Waals surface area contributed by atoms with Crippen molar-refractivity contribution in [3.8, 4) is 5.75 Å². The van der Waals surface area contributed by atoms with Crippen LogP contribution in [0.1, 0.15) is 24.1 Å². The van der Waals surface area contributed by atoms with Crippen LogP contribution in [0.2, 0.25) is 0 Å². The van der Waals surface area contributed by atoms with Crippen LogP contribution < -0.4 is 9.64 Å². The van der Waals surface area contributed by atoms with E-state index in [0.29, 0.717) is 33.7 Å². The van der Waals surface area contributed by atoms with Gasteiger partial charge in [0.05, 0.1) is 28.4 Å². The fourth-order valence-electron chi connectivity index (χ4n) is 4.00. The number of rotatable bonds is 5. The predicted octanol–water partition coefficient (Wildman–Crippen LogP) is 5.46. The second-order valence-corrected chi connectivity index (χ2v) is 8.65. The van der Waals surface area contributed by atoms with Crippen molar-refractivity contribution in [3.05, 3.63) is 95.3 Å². The molecule has 4 aromatic rings. The van der Waals surface area contributed by atoms with E-state index in [9.17, 15) is 19.1 Å². The molecule has 0 saturated carbocycles. The van der Waals surface area contributed by atoms with E-state index in [0.717, 1.165) is 11.3 Å². The number of halogens is 1. The quantitative estimate of drug-likeness (QED) is 0.236. The molecule has 1 saturated heterocycles. The summed E-state index contributed by atoms with van der Waals surface area (Å²) in [6.45, 7) is 2.37. The number of ketones is 1. The number of aliphatic hydroxyl groups excluding tert-OH is 1. The number of Topliss-reactive ketones (excluding diaryl/α,β-unsaturated/α-hetero) is 1. The second-order valence-electron chi connectivity index (χ2n) is 7.65. The van der Waals surface area contributed by atoms with Crippen LogP contribution in [0.3, 0.4) is 0 Å². The van der Waals surface area contributed by atoms with E-state index < -0.39 is 23.5 Å². The summed E-state index contributed by atoms with van der Waals surface area (Å²) >= 11 is 1.11. The predicted molar refractivity (Wildman–Crippen MR) is 128 cm³/mol. The maximum Gasteiger partial charge on any atom is 0.301 e. The summed E-state index contributed by atoms with van der Waals surface area (Å²) in [4.78, 5) is 32.2. The fourth-order valence-corrected chi connectivity index (χ4v) is 5.02. The lowest BCUT2D eigenvalue weighted by atomic mass is 9.95. The van der Waals surface area contributed by atoms with Gasteiger partial charge >= 0.3 is 5.91 Å². The number of fused-ring (bicyclic) bond motifs is 1. The maximum atomic E-state index is 13.8. The van der Waals surface area contributed by atoms with E-state index in [-0.39, 0.29) is 16.5 Å². The van der Waals surface area contributed by atoms with Crippen molar-refractivity contribution in [1.29, 1.82) is 0 Å². The zero-order chi connectivity index (χ0) is 23.8. The monoisotopic (exact) mass is 474 g/mol. The van der Waals surface area contributed by atoms with Gasteiger partial charge in [-0.15, -0.1) is 0 Å². The molecule has 1 amide bonds. The van der Waals surface area contributed by atoms with Gasteiger partial charge in [-0.3, -0.25) is 14.5 Å². The zero-order valence-electron chi connectivity index (χ0n) is 18.1. The van der Waals surface area contributed by atoms with Crippen LogP contribution in [0.4, 0.5) is 9.52 Å². The normalized spacial score (nSPS) is 17.5. The highest BCUT2D eigenvalue weighted by Gasteiger charge is 2.48. The van der Waals surface area contributed by atoms with Crippen molar-refractivity contribution < 1.29 is 23.8 Å². The number of ether oxygens (including phenoxy) is 1. The van der Waals surface area contributed by atoms with Crippen LogP contribution in [0.15, 0.2) is 78.4 Å². The smallest absolute Gasteiger partial charge is 0.301 e. The van der Waals surface area contributed by atoms with Gasteiger partial charge in [-0.1, -0.05) is 53.8 Å². The van der Waals surface area contributed by atoms with E-state index in [1.807, 2.05) is 6.92 Å². The van der Waals surface area contributed by atoms with Gasteiger partial charge in [0.1, 0.15) is 17.3 Å². The number of anilines is 1. The lowest BCUT2D eigenvalue weighted by molar-refractivity contribution is -0.132. The molecule has 1 aromatic heterocycles. The summed E-state index contributed by atoms with van der Waals surface area (Å²) in [5, 5.41) is 11.4. The molecule has 0 unspecified atom stereocenters. The molecule has 3 aromatic carbocycles. The third-order valence-electron chi connectivity index (χ3n) is 5.54. The van der Waals surface area contributed by atoms with E-state index in [1.54, 1.807) is 54.6 Å². The van der Waals surface area contributed by atoms with E-state index in [1.165, 1.54) is 23.1 Å². The Labute approximate surface area is 198 Å². The van der Waals surface area contributed by atoms with E-state index in [4.69, 9.17) is 4.74 Å². The van der Waals surface area contributed by atoms with Gasteiger partial charge in [-0.2, -0.15) is 0 Å². The average Bonchev–Trinajstić information content (AvgIpc) is 3.37. The highest BCUT2D eigenvalue weighted by atomic mass is 32.1. The summed E-state index contributed by atoms with van der Waals surface area (Å²) in [5.41, 5.74) is 1.50. The molecule has 1 N–H and O–H groups in total.